The lowest BCUT2D eigenvalue weighted by atomic mass is 10.2. The summed E-state index contributed by atoms with van der Waals surface area (Å²) in [5, 5.41) is 12.2. The lowest BCUT2D eigenvalue weighted by Crippen LogP contribution is -2.28. The molecule has 35 heavy (non-hydrogen) atoms. The van der Waals surface area contributed by atoms with Gasteiger partial charge in [-0.25, -0.2) is 27.7 Å². The summed E-state index contributed by atoms with van der Waals surface area (Å²) in [6.45, 7) is 1.69. The number of urea groups is 1. The van der Waals surface area contributed by atoms with Crippen molar-refractivity contribution in [1.82, 2.24) is 14.9 Å². The number of nitrogens with one attached hydrogen (secondary N) is 2. The van der Waals surface area contributed by atoms with Gasteiger partial charge in [-0.15, -0.1) is 0 Å². The Hall–Kier alpha value is -4.23. The van der Waals surface area contributed by atoms with Crippen molar-refractivity contribution < 1.29 is 45.8 Å². The van der Waals surface area contributed by atoms with Gasteiger partial charge >= 0.3 is 18.2 Å². The number of ether oxygens (including phenoxy) is 1. The molecule has 0 aliphatic heterocycles. The van der Waals surface area contributed by atoms with E-state index in [1.165, 1.54) is 7.11 Å². The number of carbonyl (C=O) groups excluding carboxylic acids is 1. The number of anilines is 1. The number of imidazole rings is 1. The summed E-state index contributed by atoms with van der Waals surface area (Å²) in [5.41, 5.74) is 2.13. The summed E-state index contributed by atoms with van der Waals surface area (Å²) >= 11 is 0. The van der Waals surface area contributed by atoms with Crippen LogP contribution < -0.4 is 15.4 Å². The number of aliphatic carboxylic acids is 1. The van der Waals surface area contributed by atoms with Crippen LogP contribution in [0.2, 0.25) is 0 Å². The number of nitrogens with zero attached hydrogens (tertiary/aromatic N) is 2. The van der Waals surface area contributed by atoms with Gasteiger partial charge in [-0.3, -0.25) is 0 Å². The van der Waals surface area contributed by atoms with Gasteiger partial charge in [0, 0.05) is 24.5 Å². The van der Waals surface area contributed by atoms with E-state index in [0.29, 0.717) is 11.4 Å². The average Bonchev–Trinajstić information content (AvgIpc) is 3.21. The molecule has 1 aromatic heterocycles. The molecule has 0 saturated carbocycles. The minimum Gasteiger partial charge on any atom is -0.494 e. The first-order valence-electron chi connectivity index (χ1n) is 9.49. The summed E-state index contributed by atoms with van der Waals surface area (Å²) < 4.78 is 78.3. The van der Waals surface area contributed by atoms with E-state index in [0.717, 1.165) is 23.5 Å². The molecule has 2 amide bonds. The molecule has 0 saturated heterocycles. The first-order valence-corrected chi connectivity index (χ1v) is 9.49. The molecule has 0 unspecified atom stereocenters. The normalized spacial score (nSPS) is 10.7. The molecule has 0 spiro atoms. The van der Waals surface area contributed by atoms with E-state index in [9.17, 15) is 31.1 Å². The van der Waals surface area contributed by atoms with Crippen LogP contribution in [0.25, 0.3) is 5.69 Å². The summed E-state index contributed by atoms with van der Waals surface area (Å²) in [6, 6.07) is 6.09. The predicted octanol–water partition coefficient (Wildman–Crippen LogP) is 4.56. The number of alkyl halides is 3. The average molecular weight is 504 g/mol. The van der Waals surface area contributed by atoms with Crippen LogP contribution in [0, 0.1) is 24.4 Å². The molecule has 8 nitrogen and oxygen atoms in total. The number of rotatable bonds is 5. The van der Waals surface area contributed by atoms with Crippen molar-refractivity contribution in [1.29, 1.82) is 0 Å². The molecule has 14 heteroatoms. The fourth-order valence-corrected chi connectivity index (χ4v) is 2.59. The van der Waals surface area contributed by atoms with Crippen LogP contribution in [-0.4, -0.2) is 39.9 Å². The maximum absolute atomic E-state index is 13.2. The van der Waals surface area contributed by atoms with Crippen LogP contribution in [0.1, 0.15) is 11.3 Å². The van der Waals surface area contributed by atoms with Gasteiger partial charge in [0.05, 0.1) is 24.8 Å². The number of carboxylic acid groups (broad SMARTS) is 1. The molecular formula is C21H18F6N4O4. The molecule has 0 radical (unpaired) electrons. The zero-order valence-electron chi connectivity index (χ0n) is 18.1. The Morgan fingerprint density at radius 2 is 1.71 bits per heavy atom. The Balaban J connectivity index is 0.000000540. The molecule has 0 atom stereocenters. The lowest BCUT2D eigenvalue weighted by molar-refractivity contribution is -0.192. The third-order valence-electron chi connectivity index (χ3n) is 4.17. The number of halogens is 6. The standard InChI is InChI=1S/C19H17F3N4O2.C2HF3O2/c1-11-9-26(10-24-11)16-4-3-13(7-17(16)28-2)25-19(27)23-8-12-5-14(20)18(22)15(21)6-12;3-2(4,5)1(6)7/h3-7,9-10H,8H2,1-2H3,(H2,23,25,27);(H,6,7). The summed E-state index contributed by atoms with van der Waals surface area (Å²) in [7, 11) is 1.50. The van der Waals surface area contributed by atoms with E-state index in [4.69, 9.17) is 14.6 Å². The Bertz CT molecular complexity index is 1190. The largest absolute Gasteiger partial charge is 0.494 e. The summed E-state index contributed by atoms with van der Waals surface area (Å²) in [5.74, 6) is -6.42. The Morgan fingerprint density at radius 3 is 2.20 bits per heavy atom. The van der Waals surface area contributed by atoms with Crippen LogP contribution in [0.5, 0.6) is 5.75 Å². The zero-order chi connectivity index (χ0) is 26.3. The van der Waals surface area contributed by atoms with E-state index in [1.807, 2.05) is 13.1 Å². The number of aryl methyl sites for hydroxylation is 1. The quantitative estimate of drug-likeness (QED) is 0.349. The van der Waals surface area contributed by atoms with Gasteiger partial charge in [0.15, 0.2) is 17.5 Å². The zero-order valence-corrected chi connectivity index (χ0v) is 18.1. The topological polar surface area (TPSA) is 105 Å². The second-order valence-corrected chi connectivity index (χ2v) is 6.79. The van der Waals surface area contributed by atoms with Crippen LogP contribution in [0.4, 0.5) is 36.8 Å². The van der Waals surface area contributed by atoms with Gasteiger partial charge in [0.25, 0.3) is 0 Å². The van der Waals surface area contributed by atoms with Gasteiger partial charge in [-0.05, 0) is 36.8 Å². The number of methoxy groups -OCH3 is 1. The van der Waals surface area contributed by atoms with Crippen LogP contribution in [0.3, 0.4) is 0 Å². The number of hydrogen-bond donors (Lipinski definition) is 3. The highest BCUT2D eigenvalue weighted by atomic mass is 19.4. The molecular weight excluding hydrogens is 486 g/mol. The summed E-state index contributed by atoms with van der Waals surface area (Å²) in [4.78, 5) is 25.1. The van der Waals surface area contributed by atoms with Crippen molar-refractivity contribution in [3.63, 3.8) is 0 Å². The van der Waals surface area contributed by atoms with Gasteiger partial charge in [0.2, 0.25) is 0 Å². The lowest BCUT2D eigenvalue weighted by Gasteiger charge is -2.13. The smallest absolute Gasteiger partial charge is 0.490 e. The van der Waals surface area contributed by atoms with Crippen LogP contribution in [-0.2, 0) is 11.3 Å². The molecule has 0 aliphatic rings. The summed E-state index contributed by atoms with van der Waals surface area (Å²) in [6.07, 6.45) is -1.60. The van der Waals surface area contributed by atoms with Gasteiger partial charge in [-0.2, -0.15) is 13.2 Å². The second kappa shape index (κ2) is 11.3. The molecule has 2 aromatic carbocycles. The predicted molar refractivity (Wildman–Crippen MR) is 111 cm³/mol. The highest BCUT2D eigenvalue weighted by Crippen LogP contribution is 2.27. The van der Waals surface area contributed by atoms with E-state index in [1.54, 1.807) is 29.1 Å². The second-order valence-electron chi connectivity index (χ2n) is 6.79. The molecule has 0 bridgehead atoms. The maximum atomic E-state index is 13.2. The molecule has 188 valence electrons. The highest BCUT2D eigenvalue weighted by Gasteiger charge is 2.38. The van der Waals surface area contributed by atoms with Crippen molar-refractivity contribution in [3.05, 3.63) is 71.6 Å². The van der Waals surface area contributed by atoms with E-state index in [-0.39, 0.29) is 12.1 Å². The third kappa shape index (κ3) is 7.65. The van der Waals surface area contributed by atoms with Crippen LogP contribution in [0.15, 0.2) is 42.9 Å². The number of carboxylic acids is 1. The van der Waals surface area contributed by atoms with Crippen molar-refractivity contribution in [2.24, 2.45) is 0 Å². The Labute approximate surface area is 194 Å². The van der Waals surface area contributed by atoms with Crippen molar-refractivity contribution in [3.8, 4) is 11.4 Å². The monoisotopic (exact) mass is 504 g/mol. The fraction of sp³-hybridized carbons (Fsp3) is 0.190. The Kier molecular flexibility index (Phi) is 8.70. The van der Waals surface area contributed by atoms with Crippen molar-refractivity contribution >= 4 is 17.7 Å². The molecule has 0 aliphatic carbocycles. The first kappa shape index (κ1) is 27.0. The van der Waals surface area contributed by atoms with Crippen molar-refractivity contribution in [2.45, 2.75) is 19.6 Å². The number of amides is 2. The number of carbonyl (C=O) groups is 2. The van der Waals surface area contributed by atoms with Crippen LogP contribution >= 0.6 is 0 Å². The first-order chi connectivity index (χ1) is 16.3. The SMILES string of the molecule is COc1cc(NC(=O)NCc2cc(F)c(F)c(F)c2)ccc1-n1cnc(C)c1.O=C(O)C(F)(F)F. The number of benzene rings is 2. The van der Waals surface area contributed by atoms with E-state index >= 15 is 0 Å². The van der Waals surface area contributed by atoms with Gasteiger partial charge in [-0.1, -0.05) is 0 Å². The minimum absolute atomic E-state index is 0.0926. The minimum atomic E-state index is -5.08. The molecule has 3 aromatic rings. The molecule has 3 N–H and O–H groups in total. The Morgan fingerprint density at radius 1 is 1.11 bits per heavy atom. The molecule has 3 rings (SSSR count). The fourth-order valence-electron chi connectivity index (χ4n) is 2.59. The molecule has 1 heterocycles. The van der Waals surface area contributed by atoms with E-state index in [2.05, 4.69) is 15.6 Å². The third-order valence-corrected chi connectivity index (χ3v) is 4.17. The van der Waals surface area contributed by atoms with E-state index < -0.39 is 35.6 Å². The number of aromatic nitrogens is 2. The van der Waals surface area contributed by atoms with Gasteiger partial charge < -0.3 is 25.0 Å². The van der Waals surface area contributed by atoms with Crippen molar-refractivity contribution in [2.75, 3.05) is 12.4 Å². The maximum Gasteiger partial charge on any atom is 0.490 e. The number of hydrogen-bond acceptors (Lipinski definition) is 4. The van der Waals surface area contributed by atoms with Gasteiger partial charge in [0.1, 0.15) is 5.75 Å². The highest BCUT2D eigenvalue weighted by molar-refractivity contribution is 5.89. The molecule has 0 fully saturated rings.